The van der Waals surface area contributed by atoms with Crippen LogP contribution in [0.1, 0.15) is 51.9 Å². The zero-order valence-electron chi connectivity index (χ0n) is 10.7. The Hall–Kier alpha value is -1.06. The number of hydrogen-bond donors (Lipinski definition) is 1. The lowest BCUT2D eigenvalue weighted by atomic mass is 9.98. The molecule has 1 rings (SSSR count). The predicted molar refractivity (Wildman–Crippen MR) is 65.7 cm³/mol. The normalized spacial score (nSPS) is 17.5. The molecule has 98 valence electrons. The fourth-order valence-electron chi connectivity index (χ4n) is 2.48. The number of carboxylic acid groups (broad SMARTS) is 1. The molecule has 0 aliphatic heterocycles. The van der Waals surface area contributed by atoms with E-state index in [1.807, 2.05) is 6.92 Å². The molecule has 1 amide bonds. The number of nitrogens with zero attached hydrogens (tertiary/aromatic N) is 1. The minimum absolute atomic E-state index is 0.0520. The number of aliphatic carboxylic acids is 1. The Morgan fingerprint density at radius 3 is 2.24 bits per heavy atom. The summed E-state index contributed by atoms with van der Waals surface area (Å²) >= 11 is 0. The highest BCUT2D eigenvalue weighted by atomic mass is 16.4. The third-order valence-corrected chi connectivity index (χ3v) is 3.34. The number of hydrogen-bond acceptors (Lipinski definition) is 2. The van der Waals surface area contributed by atoms with Crippen molar-refractivity contribution in [2.24, 2.45) is 5.92 Å². The molecule has 1 saturated carbocycles. The maximum atomic E-state index is 12.2. The summed E-state index contributed by atoms with van der Waals surface area (Å²) in [4.78, 5) is 24.5. The highest BCUT2D eigenvalue weighted by Crippen LogP contribution is 2.24. The van der Waals surface area contributed by atoms with Gasteiger partial charge >= 0.3 is 5.97 Å². The zero-order valence-corrected chi connectivity index (χ0v) is 10.7. The Bertz CT molecular complexity index is 257. The SMILES string of the molecule is CCCN(CC(=O)O)C(=O)C1CCCCCC1. The first-order valence-corrected chi connectivity index (χ1v) is 6.65. The molecule has 0 aromatic rings. The molecule has 0 spiro atoms. The lowest BCUT2D eigenvalue weighted by molar-refractivity contribution is -0.146. The first kappa shape index (κ1) is 14.0. The van der Waals surface area contributed by atoms with Crippen LogP contribution in [0.5, 0.6) is 0 Å². The first-order chi connectivity index (χ1) is 8.15. The lowest BCUT2D eigenvalue weighted by Crippen LogP contribution is -2.40. The van der Waals surface area contributed by atoms with E-state index in [1.54, 1.807) is 0 Å². The Kier molecular flexibility index (Phi) is 6.01. The molecule has 0 heterocycles. The molecular weight excluding hydrogens is 218 g/mol. The van der Waals surface area contributed by atoms with Crippen molar-refractivity contribution >= 4 is 11.9 Å². The van der Waals surface area contributed by atoms with Crippen molar-refractivity contribution < 1.29 is 14.7 Å². The predicted octanol–water partition coefficient (Wildman–Crippen LogP) is 2.28. The third kappa shape index (κ3) is 4.75. The minimum atomic E-state index is -0.916. The maximum absolute atomic E-state index is 12.2. The van der Waals surface area contributed by atoms with E-state index < -0.39 is 5.97 Å². The molecule has 4 heteroatoms. The fourth-order valence-corrected chi connectivity index (χ4v) is 2.48. The standard InChI is InChI=1S/C13H23NO3/c1-2-9-14(10-12(15)16)13(17)11-7-5-3-4-6-8-11/h11H,2-10H2,1H3,(H,15,16). The molecule has 17 heavy (non-hydrogen) atoms. The molecule has 0 aromatic carbocycles. The minimum Gasteiger partial charge on any atom is -0.480 e. The Balaban J connectivity index is 2.57. The summed E-state index contributed by atoms with van der Waals surface area (Å²) in [5, 5.41) is 8.82. The average Bonchev–Trinajstić information content (AvgIpc) is 2.55. The van der Waals surface area contributed by atoms with Gasteiger partial charge in [0, 0.05) is 12.5 Å². The van der Waals surface area contributed by atoms with Crippen LogP contribution in [-0.2, 0) is 9.59 Å². The van der Waals surface area contributed by atoms with Crippen molar-refractivity contribution in [1.82, 2.24) is 4.90 Å². The van der Waals surface area contributed by atoms with Crippen molar-refractivity contribution in [3.63, 3.8) is 0 Å². The summed E-state index contributed by atoms with van der Waals surface area (Å²) in [6.45, 7) is 2.38. The van der Waals surface area contributed by atoms with Gasteiger partial charge in [-0.3, -0.25) is 9.59 Å². The number of rotatable bonds is 5. The summed E-state index contributed by atoms with van der Waals surface area (Å²) in [7, 11) is 0. The molecule has 0 aromatic heterocycles. The fraction of sp³-hybridized carbons (Fsp3) is 0.846. The molecular formula is C13H23NO3. The molecule has 0 atom stereocenters. The summed E-state index contributed by atoms with van der Waals surface area (Å²) in [5.74, 6) is -0.806. The Morgan fingerprint density at radius 2 is 1.76 bits per heavy atom. The van der Waals surface area contributed by atoms with Crippen molar-refractivity contribution in [2.45, 2.75) is 51.9 Å². The van der Waals surface area contributed by atoms with E-state index in [9.17, 15) is 9.59 Å². The molecule has 0 bridgehead atoms. The van der Waals surface area contributed by atoms with Crippen LogP contribution in [0.15, 0.2) is 0 Å². The molecule has 1 aliphatic carbocycles. The zero-order chi connectivity index (χ0) is 12.7. The van der Waals surface area contributed by atoms with E-state index in [1.165, 1.54) is 17.7 Å². The van der Waals surface area contributed by atoms with Crippen LogP contribution in [0, 0.1) is 5.92 Å². The van der Waals surface area contributed by atoms with Gasteiger partial charge in [0.25, 0.3) is 0 Å². The van der Waals surface area contributed by atoms with Crippen LogP contribution < -0.4 is 0 Å². The topological polar surface area (TPSA) is 57.6 Å². The molecule has 0 radical (unpaired) electrons. The van der Waals surface area contributed by atoms with Crippen LogP contribution >= 0.6 is 0 Å². The number of carbonyl (C=O) groups is 2. The molecule has 0 saturated heterocycles. The molecule has 1 N–H and O–H groups in total. The van der Waals surface area contributed by atoms with Gasteiger partial charge in [-0.1, -0.05) is 32.6 Å². The van der Waals surface area contributed by atoms with E-state index in [-0.39, 0.29) is 18.4 Å². The maximum Gasteiger partial charge on any atom is 0.323 e. The highest BCUT2D eigenvalue weighted by Gasteiger charge is 2.25. The van der Waals surface area contributed by atoms with Gasteiger partial charge in [0.1, 0.15) is 6.54 Å². The van der Waals surface area contributed by atoms with Crippen molar-refractivity contribution in [1.29, 1.82) is 0 Å². The van der Waals surface area contributed by atoms with E-state index in [0.29, 0.717) is 6.54 Å². The largest absolute Gasteiger partial charge is 0.480 e. The summed E-state index contributed by atoms with van der Waals surface area (Å²) < 4.78 is 0. The van der Waals surface area contributed by atoms with Crippen molar-refractivity contribution in [3.05, 3.63) is 0 Å². The van der Waals surface area contributed by atoms with Gasteiger partial charge in [-0.2, -0.15) is 0 Å². The number of carbonyl (C=O) groups excluding carboxylic acids is 1. The van der Waals surface area contributed by atoms with Crippen LogP contribution in [0.2, 0.25) is 0 Å². The van der Waals surface area contributed by atoms with Crippen molar-refractivity contribution in [3.8, 4) is 0 Å². The van der Waals surface area contributed by atoms with Gasteiger partial charge in [-0.15, -0.1) is 0 Å². The van der Waals surface area contributed by atoms with Gasteiger partial charge < -0.3 is 10.0 Å². The van der Waals surface area contributed by atoms with Crippen molar-refractivity contribution in [2.75, 3.05) is 13.1 Å². The Labute approximate surface area is 103 Å². The quantitative estimate of drug-likeness (QED) is 0.751. The summed E-state index contributed by atoms with van der Waals surface area (Å²) in [6, 6.07) is 0. The monoisotopic (exact) mass is 241 g/mol. The van der Waals surface area contributed by atoms with E-state index in [0.717, 1.165) is 32.1 Å². The number of carboxylic acids is 1. The lowest BCUT2D eigenvalue weighted by Gasteiger charge is -2.25. The van der Waals surface area contributed by atoms with E-state index >= 15 is 0 Å². The van der Waals surface area contributed by atoms with E-state index in [4.69, 9.17) is 5.11 Å². The second-order valence-corrected chi connectivity index (χ2v) is 4.84. The van der Waals surface area contributed by atoms with Gasteiger partial charge in [0.2, 0.25) is 5.91 Å². The van der Waals surface area contributed by atoms with Crippen LogP contribution in [0.4, 0.5) is 0 Å². The van der Waals surface area contributed by atoms with Gasteiger partial charge in [-0.25, -0.2) is 0 Å². The first-order valence-electron chi connectivity index (χ1n) is 6.65. The molecule has 1 fully saturated rings. The second-order valence-electron chi connectivity index (χ2n) is 4.84. The van der Waals surface area contributed by atoms with Crippen LogP contribution in [0.25, 0.3) is 0 Å². The molecule has 0 unspecified atom stereocenters. The smallest absolute Gasteiger partial charge is 0.323 e. The third-order valence-electron chi connectivity index (χ3n) is 3.34. The van der Waals surface area contributed by atoms with Gasteiger partial charge in [0.15, 0.2) is 0 Å². The molecule has 4 nitrogen and oxygen atoms in total. The molecule has 1 aliphatic rings. The van der Waals surface area contributed by atoms with Gasteiger partial charge in [-0.05, 0) is 19.3 Å². The summed E-state index contributed by atoms with van der Waals surface area (Å²) in [5.41, 5.74) is 0. The average molecular weight is 241 g/mol. The number of amides is 1. The Morgan fingerprint density at radius 1 is 1.18 bits per heavy atom. The van der Waals surface area contributed by atoms with Crippen LogP contribution in [-0.4, -0.2) is 35.0 Å². The van der Waals surface area contributed by atoms with Crippen LogP contribution in [0.3, 0.4) is 0 Å². The highest BCUT2D eigenvalue weighted by molar-refractivity contribution is 5.83. The van der Waals surface area contributed by atoms with Gasteiger partial charge in [0.05, 0.1) is 0 Å². The second kappa shape index (κ2) is 7.30. The van der Waals surface area contributed by atoms with E-state index in [2.05, 4.69) is 0 Å². The summed E-state index contributed by atoms with van der Waals surface area (Å²) in [6.07, 6.45) is 7.28.